The Labute approximate surface area is 534 Å². The van der Waals surface area contributed by atoms with Crippen LogP contribution >= 0.6 is 0 Å². The first kappa shape index (κ1) is 81.9. The number of esters is 2. The number of rotatable bonds is 62. The number of nitrogens with zero attached hydrogens (tertiary/aromatic N) is 1. The average molecular weight is 1210 g/mol. The van der Waals surface area contributed by atoms with Crippen LogP contribution in [-0.2, 0) is 33.3 Å². The molecule has 0 aromatic rings. The predicted octanol–water partition coefficient (Wildman–Crippen LogP) is 20.4. The van der Waals surface area contributed by atoms with Crippen LogP contribution in [0.2, 0.25) is 0 Å². The Morgan fingerprint density at radius 1 is 0.345 bits per heavy atom. The molecule has 0 saturated carbocycles. The summed E-state index contributed by atoms with van der Waals surface area (Å²) in [7, 11) is 5.91. The molecule has 0 aromatic carbocycles. The van der Waals surface area contributed by atoms with Crippen molar-refractivity contribution < 1.29 is 42.9 Å². The van der Waals surface area contributed by atoms with Crippen LogP contribution in [0, 0.1) is 0 Å². The molecule has 0 N–H and O–H groups in total. The number of carboxylic acid groups (broad SMARTS) is 1. The van der Waals surface area contributed by atoms with Crippen molar-refractivity contribution in [2.24, 2.45) is 0 Å². The lowest BCUT2D eigenvalue weighted by molar-refractivity contribution is -0.870. The van der Waals surface area contributed by atoms with Crippen LogP contribution in [0.5, 0.6) is 0 Å². The van der Waals surface area contributed by atoms with Crippen molar-refractivity contribution in [3.8, 4) is 0 Å². The van der Waals surface area contributed by atoms with E-state index in [0.29, 0.717) is 17.4 Å². The van der Waals surface area contributed by atoms with Gasteiger partial charge in [0.05, 0.1) is 40.3 Å². The van der Waals surface area contributed by atoms with Crippen LogP contribution in [0.1, 0.15) is 258 Å². The standard InChI is InChI=1S/C78H127NO8/c1-6-8-10-12-14-16-18-20-22-24-26-28-30-32-34-35-36-37-38-39-40-41-43-44-46-48-50-52-54-56-58-60-62-64-66-68-75(80)85-72-74(73-86-78(77(82)83)84-71-70-79(3,4)5)87-76(81)69-67-65-63-61-59-57-55-53-51-49-47-45-42-33-31-29-27-25-23-21-19-17-15-13-11-9-7-2/h8-11,14-17,20-23,26-29,32-34,36-37,42,47,49,53,55,74,78H,6-7,12-13,18-19,24-25,30-31,35,38-41,43-46,48,50-52,54,56-73H2,1-5H3/b10-8-,11-9-,16-14-,17-15-,22-20-,23-21-,28-26-,29-27-,34-32-,37-36-,42-33-,49-47-,55-53-. The summed E-state index contributed by atoms with van der Waals surface area (Å²) < 4.78 is 22.8. The largest absolute Gasteiger partial charge is 0.545 e. The highest BCUT2D eigenvalue weighted by molar-refractivity contribution is 5.70. The highest BCUT2D eigenvalue weighted by Crippen LogP contribution is 2.16. The third-order valence-electron chi connectivity index (χ3n) is 14.3. The van der Waals surface area contributed by atoms with E-state index in [4.69, 9.17) is 18.9 Å². The van der Waals surface area contributed by atoms with E-state index in [1.54, 1.807) is 0 Å². The van der Waals surface area contributed by atoms with E-state index in [9.17, 15) is 19.5 Å². The molecule has 0 aromatic heterocycles. The van der Waals surface area contributed by atoms with E-state index in [2.05, 4.69) is 172 Å². The van der Waals surface area contributed by atoms with Crippen molar-refractivity contribution in [2.75, 3.05) is 47.5 Å². The molecule has 0 aliphatic carbocycles. The van der Waals surface area contributed by atoms with Gasteiger partial charge in [-0.3, -0.25) is 9.59 Å². The molecule has 2 atom stereocenters. The number of carbonyl (C=O) groups is 3. The normalized spacial score (nSPS) is 13.7. The second-order valence-electron chi connectivity index (χ2n) is 23.7. The zero-order valence-corrected chi connectivity index (χ0v) is 56.1. The van der Waals surface area contributed by atoms with E-state index >= 15 is 0 Å². The lowest BCUT2D eigenvalue weighted by atomic mass is 10.0. The zero-order chi connectivity index (χ0) is 63.3. The lowest BCUT2D eigenvalue weighted by Crippen LogP contribution is -2.44. The predicted molar refractivity (Wildman–Crippen MR) is 370 cm³/mol. The quantitative estimate of drug-likeness (QED) is 0.0195. The summed E-state index contributed by atoms with van der Waals surface area (Å²) in [4.78, 5) is 37.5. The van der Waals surface area contributed by atoms with E-state index in [1.165, 1.54) is 89.9 Å². The van der Waals surface area contributed by atoms with Gasteiger partial charge in [0.25, 0.3) is 0 Å². The van der Waals surface area contributed by atoms with Gasteiger partial charge in [0, 0.05) is 12.8 Å². The number of allylic oxidation sites excluding steroid dienone is 26. The Hall–Kier alpha value is -5.09. The monoisotopic (exact) mass is 1210 g/mol. The first-order valence-corrected chi connectivity index (χ1v) is 34.6. The molecule has 0 heterocycles. The van der Waals surface area contributed by atoms with E-state index < -0.39 is 24.3 Å². The maximum absolute atomic E-state index is 12.9. The molecule has 9 heteroatoms. The van der Waals surface area contributed by atoms with Gasteiger partial charge in [-0.15, -0.1) is 0 Å². The minimum atomic E-state index is -1.64. The summed E-state index contributed by atoms with van der Waals surface area (Å²) in [5, 5.41) is 11.8. The molecule has 0 aliphatic heterocycles. The Balaban J connectivity index is 4.18. The Morgan fingerprint density at radius 3 is 0.920 bits per heavy atom. The molecule has 87 heavy (non-hydrogen) atoms. The number of carboxylic acids is 1. The van der Waals surface area contributed by atoms with Gasteiger partial charge in [0.15, 0.2) is 12.4 Å². The van der Waals surface area contributed by atoms with E-state index in [1.807, 2.05) is 21.1 Å². The van der Waals surface area contributed by atoms with E-state index in [-0.39, 0.29) is 38.6 Å². The fourth-order valence-electron chi connectivity index (χ4n) is 9.05. The Kier molecular flexibility index (Phi) is 62.9. The van der Waals surface area contributed by atoms with Gasteiger partial charge in [0.1, 0.15) is 13.2 Å². The first-order valence-electron chi connectivity index (χ1n) is 34.6. The Bertz CT molecular complexity index is 1990. The zero-order valence-electron chi connectivity index (χ0n) is 56.1. The van der Waals surface area contributed by atoms with Crippen molar-refractivity contribution in [3.05, 3.63) is 158 Å². The molecule has 0 aliphatic rings. The number of hydrogen-bond acceptors (Lipinski definition) is 8. The second kappa shape index (κ2) is 66.9. The molecule has 0 saturated heterocycles. The number of hydrogen-bond donors (Lipinski definition) is 0. The minimum Gasteiger partial charge on any atom is -0.545 e. The maximum atomic E-state index is 12.9. The van der Waals surface area contributed by atoms with Crippen LogP contribution in [0.3, 0.4) is 0 Å². The number of unbranched alkanes of at least 4 members (excludes halogenated alkanes) is 21. The molecular formula is C78H127NO8. The molecule has 0 fully saturated rings. The van der Waals surface area contributed by atoms with Crippen molar-refractivity contribution in [3.63, 3.8) is 0 Å². The molecule has 0 radical (unpaired) electrons. The van der Waals surface area contributed by atoms with Gasteiger partial charge in [-0.25, -0.2) is 0 Å². The SMILES string of the molecule is CC/C=C\C/C=C\C/C=C\C/C=C\C/C=C\C/C=C\C/C=C\CCCCCCCC(=O)OC(COC(=O)CCCCCCCCCCCCCCCCCC/C=C\C/C=C\C/C=C\C/C=C\C/C=C\C/C=C\CC)COC(OCC[N+](C)(C)C)C(=O)[O-]. The molecule has 492 valence electrons. The number of likely N-dealkylation sites (N-methyl/N-ethyl adjacent to an activating group) is 1. The molecule has 0 spiro atoms. The van der Waals surface area contributed by atoms with Crippen LogP contribution < -0.4 is 5.11 Å². The van der Waals surface area contributed by atoms with Crippen LogP contribution in [0.25, 0.3) is 0 Å². The first-order chi connectivity index (χ1) is 42.6. The summed E-state index contributed by atoms with van der Waals surface area (Å²) in [5.74, 6) is -2.32. The van der Waals surface area contributed by atoms with Crippen LogP contribution in [-0.4, -0.2) is 82.3 Å². The average Bonchev–Trinajstić information content (AvgIpc) is 3.56. The summed E-state index contributed by atoms with van der Waals surface area (Å²) >= 11 is 0. The highest BCUT2D eigenvalue weighted by atomic mass is 16.7. The maximum Gasteiger partial charge on any atom is 0.306 e. The molecule has 0 bridgehead atoms. The van der Waals surface area contributed by atoms with Crippen molar-refractivity contribution >= 4 is 17.9 Å². The third kappa shape index (κ3) is 68.3. The lowest BCUT2D eigenvalue weighted by Gasteiger charge is -2.26. The molecule has 9 nitrogen and oxygen atoms in total. The number of quaternary nitrogens is 1. The number of ether oxygens (including phenoxy) is 4. The fraction of sp³-hybridized carbons (Fsp3) is 0.628. The van der Waals surface area contributed by atoms with Crippen LogP contribution in [0.4, 0.5) is 0 Å². The summed E-state index contributed by atoms with van der Waals surface area (Å²) in [6.07, 6.45) is 96.0. The summed E-state index contributed by atoms with van der Waals surface area (Å²) in [6, 6.07) is 0. The minimum absolute atomic E-state index is 0.136. The topological polar surface area (TPSA) is 111 Å². The molecule has 0 amide bonds. The van der Waals surface area contributed by atoms with Crippen molar-refractivity contribution in [2.45, 2.75) is 270 Å². The summed E-state index contributed by atoms with van der Waals surface area (Å²) in [5.41, 5.74) is 0. The van der Waals surface area contributed by atoms with Crippen molar-refractivity contribution in [1.29, 1.82) is 0 Å². The smallest absolute Gasteiger partial charge is 0.306 e. The number of aliphatic carboxylic acids is 1. The van der Waals surface area contributed by atoms with Gasteiger partial charge in [-0.05, 0) is 122 Å². The number of carbonyl (C=O) groups excluding carboxylic acids is 3. The van der Waals surface area contributed by atoms with Gasteiger partial charge in [0.2, 0.25) is 0 Å². The molecule has 2 unspecified atom stereocenters. The third-order valence-corrected chi connectivity index (χ3v) is 14.3. The van der Waals surface area contributed by atoms with E-state index in [0.717, 1.165) is 135 Å². The van der Waals surface area contributed by atoms with Crippen molar-refractivity contribution in [1.82, 2.24) is 0 Å². The van der Waals surface area contributed by atoms with Gasteiger partial charge in [-0.2, -0.15) is 0 Å². The van der Waals surface area contributed by atoms with Gasteiger partial charge >= 0.3 is 11.9 Å². The molecular weight excluding hydrogens is 1080 g/mol. The van der Waals surface area contributed by atoms with Crippen LogP contribution in [0.15, 0.2) is 158 Å². The van der Waals surface area contributed by atoms with Gasteiger partial charge in [-0.1, -0.05) is 281 Å². The second-order valence-corrected chi connectivity index (χ2v) is 23.7. The summed E-state index contributed by atoms with van der Waals surface area (Å²) in [6.45, 7) is 4.49. The fourth-order valence-corrected chi connectivity index (χ4v) is 9.05. The van der Waals surface area contributed by atoms with Gasteiger partial charge < -0.3 is 33.3 Å². The Morgan fingerprint density at radius 2 is 0.621 bits per heavy atom. The molecule has 0 rings (SSSR count). The highest BCUT2D eigenvalue weighted by Gasteiger charge is 2.22.